The number of rotatable bonds is 6. The highest BCUT2D eigenvalue weighted by Gasteiger charge is 2.37. The van der Waals surface area contributed by atoms with Gasteiger partial charge >= 0.3 is 5.97 Å². The number of methoxy groups -OCH3 is 1. The number of halogens is 1. The maximum Gasteiger partial charge on any atom is 0.316 e. The van der Waals surface area contributed by atoms with Crippen LogP contribution in [0.5, 0.6) is 11.5 Å². The molecule has 6 heteroatoms. The second-order valence-corrected chi connectivity index (χ2v) is 7.43. The Morgan fingerprint density at radius 1 is 1.25 bits per heavy atom. The molecule has 3 rings (SSSR count). The monoisotopic (exact) mass is 401 g/mol. The molecular weight excluding hydrogens is 378 g/mol. The zero-order valence-electron chi connectivity index (χ0n) is 16.3. The number of carbonyl (C=O) groups excluding carboxylic acids is 2. The van der Waals surface area contributed by atoms with Crippen LogP contribution in [0.15, 0.2) is 42.5 Å². The topological polar surface area (TPSA) is 55.8 Å². The summed E-state index contributed by atoms with van der Waals surface area (Å²) in [6.07, 6.45) is 1.04. The van der Waals surface area contributed by atoms with E-state index in [-0.39, 0.29) is 24.8 Å². The predicted octanol–water partition coefficient (Wildman–Crippen LogP) is 4.82. The van der Waals surface area contributed by atoms with Gasteiger partial charge in [0.1, 0.15) is 11.5 Å². The van der Waals surface area contributed by atoms with E-state index in [1.807, 2.05) is 18.2 Å². The van der Waals surface area contributed by atoms with Gasteiger partial charge in [0.25, 0.3) is 0 Å². The van der Waals surface area contributed by atoms with Crippen LogP contribution in [0.4, 0.5) is 5.69 Å². The first-order valence-corrected chi connectivity index (χ1v) is 9.76. The van der Waals surface area contributed by atoms with Crippen LogP contribution in [0, 0.1) is 5.92 Å². The van der Waals surface area contributed by atoms with Crippen LogP contribution >= 0.6 is 11.6 Å². The van der Waals surface area contributed by atoms with Gasteiger partial charge < -0.3 is 14.4 Å². The molecule has 1 saturated heterocycles. The van der Waals surface area contributed by atoms with E-state index < -0.39 is 11.9 Å². The number of carbonyl (C=O) groups is 2. The maximum absolute atomic E-state index is 12.8. The summed E-state index contributed by atoms with van der Waals surface area (Å²) in [5.74, 6) is 0.287. The van der Waals surface area contributed by atoms with Gasteiger partial charge in [-0.2, -0.15) is 0 Å². The Morgan fingerprint density at radius 3 is 2.71 bits per heavy atom. The third-order valence-corrected chi connectivity index (χ3v) is 5.40. The first-order chi connectivity index (χ1) is 13.4. The fourth-order valence-corrected chi connectivity index (χ4v) is 3.53. The molecule has 1 fully saturated rings. The van der Waals surface area contributed by atoms with Crippen LogP contribution in [-0.4, -0.2) is 25.5 Å². The van der Waals surface area contributed by atoms with Gasteiger partial charge in [0.2, 0.25) is 5.91 Å². The molecule has 0 aliphatic carbocycles. The lowest BCUT2D eigenvalue weighted by Gasteiger charge is -2.20. The normalized spacial score (nSPS) is 17.5. The quantitative estimate of drug-likeness (QED) is 0.514. The number of hydrogen-bond acceptors (Lipinski definition) is 4. The van der Waals surface area contributed by atoms with Crippen molar-refractivity contribution in [2.45, 2.75) is 32.6 Å². The average Bonchev–Trinajstić information content (AvgIpc) is 3.09. The first kappa shape index (κ1) is 20.2. The minimum absolute atomic E-state index is 0.0972. The molecular formula is C22H24ClNO4. The minimum Gasteiger partial charge on any atom is -0.495 e. The van der Waals surface area contributed by atoms with Crippen molar-refractivity contribution in [2.24, 2.45) is 5.92 Å². The van der Waals surface area contributed by atoms with Crippen LogP contribution in [0.25, 0.3) is 0 Å². The summed E-state index contributed by atoms with van der Waals surface area (Å²) in [5, 5.41) is 0.497. The number of ether oxygens (including phenoxy) is 2. The minimum atomic E-state index is -0.541. The van der Waals surface area contributed by atoms with Crippen molar-refractivity contribution in [3.63, 3.8) is 0 Å². The number of esters is 1. The molecule has 2 aromatic carbocycles. The van der Waals surface area contributed by atoms with Gasteiger partial charge in [0.15, 0.2) is 0 Å². The summed E-state index contributed by atoms with van der Waals surface area (Å²) in [7, 11) is 1.53. The first-order valence-electron chi connectivity index (χ1n) is 9.39. The molecule has 2 atom stereocenters. The van der Waals surface area contributed by atoms with E-state index in [1.54, 1.807) is 24.3 Å². The summed E-state index contributed by atoms with van der Waals surface area (Å²) in [6.45, 7) is 4.42. The Bertz CT molecular complexity index is 883. The lowest BCUT2D eigenvalue weighted by Crippen LogP contribution is -2.27. The molecule has 1 aliphatic heterocycles. The van der Waals surface area contributed by atoms with Crippen molar-refractivity contribution in [3.05, 3.63) is 53.1 Å². The Kier molecular flexibility index (Phi) is 6.25. The fraction of sp³-hybridized carbons (Fsp3) is 0.364. The Labute approximate surface area is 170 Å². The molecule has 0 saturated carbocycles. The zero-order valence-corrected chi connectivity index (χ0v) is 17.0. The van der Waals surface area contributed by atoms with Crippen molar-refractivity contribution >= 4 is 29.2 Å². The molecule has 0 bridgehead atoms. The molecule has 2 aromatic rings. The third kappa shape index (κ3) is 4.14. The molecule has 0 spiro atoms. The van der Waals surface area contributed by atoms with Gasteiger partial charge in [-0.3, -0.25) is 9.59 Å². The van der Waals surface area contributed by atoms with E-state index in [9.17, 15) is 9.59 Å². The van der Waals surface area contributed by atoms with Crippen molar-refractivity contribution in [1.82, 2.24) is 0 Å². The lowest BCUT2D eigenvalue weighted by atomic mass is 9.98. The molecule has 0 aromatic heterocycles. The molecule has 148 valence electrons. The van der Waals surface area contributed by atoms with E-state index in [0.717, 1.165) is 12.0 Å². The van der Waals surface area contributed by atoms with Gasteiger partial charge in [-0.05, 0) is 42.2 Å². The van der Waals surface area contributed by atoms with E-state index >= 15 is 0 Å². The van der Waals surface area contributed by atoms with Gasteiger partial charge in [-0.15, -0.1) is 0 Å². The van der Waals surface area contributed by atoms with Crippen LogP contribution in [0.1, 0.15) is 38.2 Å². The summed E-state index contributed by atoms with van der Waals surface area (Å²) in [4.78, 5) is 26.9. The van der Waals surface area contributed by atoms with Gasteiger partial charge in [-0.1, -0.05) is 43.6 Å². The third-order valence-electron chi connectivity index (χ3n) is 5.16. The second kappa shape index (κ2) is 8.65. The maximum atomic E-state index is 12.8. The van der Waals surface area contributed by atoms with E-state index in [1.165, 1.54) is 12.0 Å². The van der Waals surface area contributed by atoms with Crippen LogP contribution in [0.2, 0.25) is 5.02 Å². The zero-order chi connectivity index (χ0) is 20.3. The number of amides is 1. The van der Waals surface area contributed by atoms with Crippen LogP contribution in [-0.2, 0) is 9.59 Å². The highest BCUT2D eigenvalue weighted by molar-refractivity contribution is 6.31. The number of nitrogens with zero attached hydrogens (tertiary/aromatic N) is 1. The molecule has 28 heavy (non-hydrogen) atoms. The highest BCUT2D eigenvalue weighted by atomic mass is 35.5. The van der Waals surface area contributed by atoms with E-state index in [2.05, 4.69) is 13.8 Å². The molecule has 0 N–H and O–H groups in total. The van der Waals surface area contributed by atoms with Gasteiger partial charge in [0.05, 0.1) is 18.7 Å². The van der Waals surface area contributed by atoms with Gasteiger partial charge in [-0.25, -0.2) is 0 Å². The standard InChI is InChI=1S/C22H24ClNO4/c1-4-14(2)17-7-5-6-8-19(17)28-22(26)15-11-21(25)24(13-15)18-12-16(23)9-10-20(18)27-3/h5-10,12,14-15H,4,11,13H2,1-3H3/t14-,15+/m0/s1. The van der Waals surface area contributed by atoms with Crippen LogP contribution in [0.3, 0.4) is 0 Å². The SMILES string of the molecule is CC[C@H](C)c1ccccc1OC(=O)[C@@H]1CC(=O)N(c2cc(Cl)ccc2OC)C1. The van der Waals surface area contributed by atoms with Crippen molar-refractivity contribution in [1.29, 1.82) is 0 Å². The number of anilines is 1. The number of para-hydroxylation sites is 1. The largest absolute Gasteiger partial charge is 0.495 e. The number of benzene rings is 2. The average molecular weight is 402 g/mol. The molecule has 5 nitrogen and oxygen atoms in total. The Balaban J connectivity index is 1.78. The van der Waals surface area contributed by atoms with Gasteiger partial charge in [0, 0.05) is 18.0 Å². The van der Waals surface area contributed by atoms with Crippen molar-refractivity contribution < 1.29 is 19.1 Å². The smallest absolute Gasteiger partial charge is 0.316 e. The summed E-state index contributed by atoms with van der Waals surface area (Å²) >= 11 is 6.08. The van der Waals surface area contributed by atoms with Crippen molar-refractivity contribution in [3.8, 4) is 11.5 Å². The number of hydrogen-bond donors (Lipinski definition) is 0. The summed E-state index contributed by atoms with van der Waals surface area (Å²) in [6, 6.07) is 12.6. The summed E-state index contributed by atoms with van der Waals surface area (Å²) in [5.41, 5.74) is 1.56. The lowest BCUT2D eigenvalue weighted by molar-refractivity contribution is -0.139. The molecule has 0 radical (unpaired) electrons. The molecule has 1 amide bonds. The predicted molar refractivity (Wildman–Crippen MR) is 109 cm³/mol. The highest BCUT2D eigenvalue weighted by Crippen LogP contribution is 2.36. The van der Waals surface area contributed by atoms with E-state index in [4.69, 9.17) is 21.1 Å². The molecule has 1 heterocycles. The Morgan fingerprint density at radius 2 is 2.00 bits per heavy atom. The molecule has 1 aliphatic rings. The van der Waals surface area contributed by atoms with Crippen molar-refractivity contribution in [2.75, 3.05) is 18.6 Å². The summed E-state index contributed by atoms with van der Waals surface area (Å²) < 4.78 is 11.0. The second-order valence-electron chi connectivity index (χ2n) is 6.99. The fourth-order valence-electron chi connectivity index (χ4n) is 3.36. The van der Waals surface area contributed by atoms with Crippen LogP contribution < -0.4 is 14.4 Å². The Hall–Kier alpha value is -2.53. The van der Waals surface area contributed by atoms with E-state index in [0.29, 0.717) is 22.2 Å². The molecule has 0 unspecified atom stereocenters.